The fraction of sp³-hybridized carbons (Fsp3) is 0. The van der Waals surface area contributed by atoms with Crippen LogP contribution in [0.25, 0.3) is 23.1 Å². The number of hydrogen-bond acceptors (Lipinski definition) is 3. The van der Waals surface area contributed by atoms with E-state index in [1.54, 1.807) is 42.5 Å². The van der Waals surface area contributed by atoms with Crippen LogP contribution in [0.4, 0.5) is 10.1 Å². The molecule has 4 nitrogen and oxygen atoms in total. The van der Waals surface area contributed by atoms with Gasteiger partial charge in [-0.25, -0.2) is 9.37 Å². The summed E-state index contributed by atoms with van der Waals surface area (Å²) in [7, 11) is 0. The van der Waals surface area contributed by atoms with E-state index in [9.17, 15) is 14.5 Å². The van der Waals surface area contributed by atoms with Gasteiger partial charge in [-0.05, 0) is 42.0 Å². The summed E-state index contributed by atoms with van der Waals surface area (Å²) in [5.74, 6) is -0.284. The van der Waals surface area contributed by atoms with Crippen molar-refractivity contribution in [2.45, 2.75) is 0 Å². The van der Waals surface area contributed by atoms with Gasteiger partial charge in [0.15, 0.2) is 0 Å². The normalized spacial score (nSPS) is 11.1. The van der Waals surface area contributed by atoms with Gasteiger partial charge >= 0.3 is 0 Å². The first-order valence-corrected chi connectivity index (χ1v) is 6.61. The second kappa shape index (κ2) is 5.73. The van der Waals surface area contributed by atoms with Crippen LogP contribution < -0.4 is 0 Å². The first-order valence-electron chi connectivity index (χ1n) is 6.61. The molecular formula is C17H11FN2O2. The summed E-state index contributed by atoms with van der Waals surface area (Å²) in [5, 5.41) is 11.5. The van der Waals surface area contributed by atoms with E-state index >= 15 is 0 Å². The SMILES string of the molecule is O=[N+]([O-])c1cccc2nc(C=Cc3ccc(F)cc3)ccc12. The molecule has 0 N–H and O–H groups in total. The Kier molecular flexibility index (Phi) is 3.62. The summed E-state index contributed by atoms with van der Waals surface area (Å²) in [6.07, 6.45) is 3.59. The number of halogens is 1. The van der Waals surface area contributed by atoms with Crippen molar-refractivity contribution in [3.8, 4) is 0 Å². The van der Waals surface area contributed by atoms with Gasteiger partial charge in [0.1, 0.15) is 5.82 Å². The van der Waals surface area contributed by atoms with E-state index in [2.05, 4.69) is 4.98 Å². The Hall–Kier alpha value is -3.08. The zero-order valence-corrected chi connectivity index (χ0v) is 11.4. The van der Waals surface area contributed by atoms with Gasteiger partial charge in [-0.3, -0.25) is 10.1 Å². The fourth-order valence-electron chi connectivity index (χ4n) is 2.16. The van der Waals surface area contributed by atoms with Gasteiger partial charge in [0, 0.05) is 6.07 Å². The van der Waals surface area contributed by atoms with Crippen LogP contribution in [0.3, 0.4) is 0 Å². The van der Waals surface area contributed by atoms with Gasteiger partial charge in [-0.1, -0.05) is 24.3 Å². The van der Waals surface area contributed by atoms with E-state index in [0.29, 0.717) is 16.6 Å². The lowest BCUT2D eigenvalue weighted by Gasteiger charge is -2.00. The summed E-state index contributed by atoms with van der Waals surface area (Å²) < 4.78 is 12.8. The van der Waals surface area contributed by atoms with Crippen molar-refractivity contribution < 1.29 is 9.31 Å². The van der Waals surface area contributed by atoms with E-state index in [4.69, 9.17) is 0 Å². The highest BCUT2D eigenvalue weighted by molar-refractivity contribution is 5.88. The Bertz CT molecular complexity index is 873. The minimum atomic E-state index is -0.419. The molecule has 0 aliphatic carbocycles. The van der Waals surface area contributed by atoms with Crippen LogP contribution in [0.2, 0.25) is 0 Å². The second-order valence-corrected chi connectivity index (χ2v) is 4.72. The number of fused-ring (bicyclic) bond motifs is 1. The quantitative estimate of drug-likeness (QED) is 0.529. The maximum Gasteiger partial charge on any atom is 0.278 e. The van der Waals surface area contributed by atoms with Crippen molar-refractivity contribution in [2.24, 2.45) is 0 Å². The Balaban J connectivity index is 1.95. The van der Waals surface area contributed by atoms with Gasteiger partial charge in [-0.2, -0.15) is 0 Å². The number of nitro benzene ring substituents is 1. The van der Waals surface area contributed by atoms with Crippen LogP contribution in [0.1, 0.15) is 11.3 Å². The Morgan fingerprint density at radius 3 is 2.50 bits per heavy atom. The average Bonchev–Trinajstić information content (AvgIpc) is 2.53. The first-order chi connectivity index (χ1) is 10.6. The molecule has 0 aliphatic heterocycles. The molecule has 108 valence electrons. The maximum atomic E-state index is 12.8. The number of aromatic nitrogens is 1. The van der Waals surface area contributed by atoms with Gasteiger partial charge in [0.2, 0.25) is 0 Å². The summed E-state index contributed by atoms with van der Waals surface area (Å²) in [4.78, 5) is 14.9. The van der Waals surface area contributed by atoms with Crippen LogP contribution in [-0.2, 0) is 0 Å². The number of rotatable bonds is 3. The lowest BCUT2D eigenvalue weighted by atomic mass is 10.1. The molecule has 0 aliphatic rings. The molecule has 22 heavy (non-hydrogen) atoms. The number of benzene rings is 2. The minimum absolute atomic E-state index is 0.0408. The fourth-order valence-corrected chi connectivity index (χ4v) is 2.16. The smallest absolute Gasteiger partial charge is 0.258 e. The predicted molar refractivity (Wildman–Crippen MR) is 83.7 cm³/mol. The van der Waals surface area contributed by atoms with Crippen LogP contribution in [0.5, 0.6) is 0 Å². The molecule has 3 aromatic rings. The molecule has 0 spiro atoms. The van der Waals surface area contributed by atoms with Gasteiger partial charge in [0.25, 0.3) is 5.69 Å². The van der Waals surface area contributed by atoms with Crippen molar-refractivity contribution in [3.05, 3.63) is 81.8 Å². The van der Waals surface area contributed by atoms with E-state index in [1.165, 1.54) is 18.2 Å². The van der Waals surface area contributed by atoms with Crippen LogP contribution in [0, 0.1) is 15.9 Å². The lowest BCUT2D eigenvalue weighted by Crippen LogP contribution is -1.91. The van der Waals surface area contributed by atoms with E-state index in [-0.39, 0.29) is 11.5 Å². The summed E-state index contributed by atoms with van der Waals surface area (Å²) in [6.45, 7) is 0. The number of non-ortho nitro benzene ring substituents is 1. The highest BCUT2D eigenvalue weighted by Crippen LogP contribution is 2.24. The topological polar surface area (TPSA) is 56.0 Å². The molecule has 0 bridgehead atoms. The van der Waals surface area contributed by atoms with Crippen molar-refractivity contribution in [1.82, 2.24) is 4.98 Å². The monoisotopic (exact) mass is 294 g/mol. The van der Waals surface area contributed by atoms with Crippen molar-refractivity contribution in [3.63, 3.8) is 0 Å². The molecule has 1 heterocycles. The zero-order valence-electron chi connectivity index (χ0n) is 11.4. The number of hydrogen-bond donors (Lipinski definition) is 0. The molecular weight excluding hydrogens is 283 g/mol. The molecule has 0 amide bonds. The molecule has 3 rings (SSSR count). The standard InChI is InChI=1S/C17H11FN2O2/c18-13-7-4-12(5-8-13)6-9-14-10-11-15-16(19-14)2-1-3-17(15)20(21)22/h1-11H. The Morgan fingerprint density at radius 2 is 1.77 bits per heavy atom. The minimum Gasteiger partial charge on any atom is -0.258 e. The summed E-state index contributed by atoms with van der Waals surface area (Å²) in [5.41, 5.74) is 2.13. The molecule has 0 unspecified atom stereocenters. The molecule has 2 aromatic carbocycles. The van der Waals surface area contributed by atoms with Gasteiger partial charge < -0.3 is 0 Å². The van der Waals surface area contributed by atoms with Gasteiger partial charge in [0.05, 0.1) is 21.5 Å². The molecule has 5 heteroatoms. The average molecular weight is 294 g/mol. The third kappa shape index (κ3) is 2.83. The molecule has 0 saturated carbocycles. The van der Waals surface area contributed by atoms with Crippen LogP contribution in [0.15, 0.2) is 54.6 Å². The largest absolute Gasteiger partial charge is 0.278 e. The number of nitrogens with zero attached hydrogens (tertiary/aromatic N) is 2. The van der Waals surface area contributed by atoms with E-state index < -0.39 is 4.92 Å². The zero-order chi connectivity index (χ0) is 15.5. The maximum absolute atomic E-state index is 12.8. The highest BCUT2D eigenvalue weighted by atomic mass is 19.1. The lowest BCUT2D eigenvalue weighted by molar-refractivity contribution is -0.383. The van der Waals surface area contributed by atoms with Gasteiger partial charge in [-0.15, -0.1) is 0 Å². The van der Waals surface area contributed by atoms with Crippen molar-refractivity contribution in [1.29, 1.82) is 0 Å². The third-order valence-corrected chi connectivity index (χ3v) is 3.24. The number of pyridine rings is 1. The second-order valence-electron chi connectivity index (χ2n) is 4.72. The van der Waals surface area contributed by atoms with E-state index in [0.717, 1.165) is 5.56 Å². The molecule has 0 fully saturated rings. The Labute approximate surface area is 125 Å². The molecule has 0 radical (unpaired) electrons. The molecule has 1 aromatic heterocycles. The molecule has 0 atom stereocenters. The van der Waals surface area contributed by atoms with E-state index in [1.807, 2.05) is 6.08 Å². The highest BCUT2D eigenvalue weighted by Gasteiger charge is 2.11. The molecule has 0 saturated heterocycles. The predicted octanol–water partition coefficient (Wildman–Crippen LogP) is 4.45. The van der Waals surface area contributed by atoms with Crippen molar-refractivity contribution in [2.75, 3.05) is 0 Å². The van der Waals surface area contributed by atoms with Crippen LogP contribution in [-0.4, -0.2) is 9.91 Å². The summed E-state index contributed by atoms with van der Waals surface area (Å²) >= 11 is 0. The van der Waals surface area contributed by atoms with Crippen LogP contribution >= 0.6 is 0 Å². The first kappa shape index (κ1) is 13.9. The van der Waals surface area contributed by atoms with Crippen molar-refractivity contribution >= 4 is 28.7 Å². The number of nitro groups is 1. The summed E-state index contributed by atoms with van der Waals surface area (Å²) in [6, 6.07) is 14.3. The third-order valence-electron chi connectivity index (χ3n) is 3.24. The Morgan fingerprint density at radius 1 is 1.00 bits per heavy atom.